The molecule has 1 aliphatic carbocycles. The smallest absolute Gasteiger partial charge is 0.155 e. The summed E-state index contributed by atoms with van der Waals surface area (Å²) in [4.78, 5) is 4.75. The molecule has 0 amide bonds. The van der Waals surface area contributed by atoms with Gasteiger partial charge in [-0.3, -0.25) is 0 Å². The summed E-state index contributed by atoms with van der Waals surface area (Å²) in [5.41, 5.74) is 5.08. The highest BCUT2D eigenvalue weighted by atomic mass is 16.5. The van der Waals surface area contributed by atoms with Crippen molar-refractivity contribution in [3.8, 4) is 11.8 Å². The molecule has 2 heterocycles. The summed E-state index contributed by atoms with van der Waals surface area (Å²) in [6.45, 7) is 0.515. The molecule has 30 heavy (non-hydrogen) atoms. The van der Waals surface area contributed by atoms with Gasteiger partial charge in [0.15, 0.2) is 5.76 Å². The molecule has 146 valence electrons. The minimum atomic E-state index is 0.0140. The molecule has 3 aromatic rings. The second kappa shape index (κ2) is 7.41. The lowest BCUT2D eigenvalue weighted by Crippen LogP contribution is -2.20. The molecule has 2 aromatic carbocycles. The van der Waals surface area contributed by atoms with Gasteiger partial charge in [-0.25, -0.2) is 4.99 Å². The fraction of sp³-hybridized carbons (Fsp3) is 0.120. The van der Waals surface area contributed by atoms with Gasteiger partial charge in [-0.1, -0.05) is 36.4 Å². The second-order valence-corrected chi connectivity index (χ2v) is 7.18. The number of ether oxygens (including phenoxy) is 1. The molecule has 0 saturated heterocycles. The predicted molar refractivity (Wildman–Crippen MR) is 117 cm³/mol. The summed E-state index contributed by atoms with van der Waals surface area (Å²) in [5, 5.41) is 13.4. The third-order valence-electron chi connectivity index (χ3n) is 5.27. The Labute approximate surface area is 174 Å². The van der Waals surface area contributed by atoms with Gasteiger partial charge in [0.2, 0.25) is 0 Å². The summed E-state index contributed by atoms with van der Waals surface area (Å²) in [6.07, 6.45) is 5.65. The van der Waals surface area contributed by atoms with Crippen LogP contribution >= 0.6 is 0 Å². The largest absolute Gasteiger partial charge is 0.489 e. The number of nitrogens with one attached hydrogen (secondary N) is 1. The van der Waals surface area contributed by atoms with E-state index in [-0.39, 0.29) is 5.92 Å². The van der Waals surface area contributed by atoms with Gasteiger partial charge < -0.3 is 14.5 Å². The van der Waals surface area contributed by atoms with Gasteiger partial charge in [0.25, 0.3) is 0 Å². The number of furan rings is 1. The van der Waals surface area contributed by atoms with Crippen LogP contribution in [0.25, 0.3) is 16.7 Å². The van der Waals surface area contributed by atoms with E-state index in [0.29, 0.717) is 17.9 Å². The minimum Gasteiger partial charge on any atom is -0.489 e. The van der Waals surface area contributed by atoms with E-state index >= 15 is 0 Å². The van der Waals surface area contributed by atoms with E-state index in [4.69, 9.17) is 14.1 Å². The first-order valence-corrected chi connectivity index (χ1v) is 9.76. The van der Waals surface area contributed by atoms with Gasteiger partial charge in [0, 0.05) is 12.4 Å². The first-order chi connectivity index (χ1) is 14.7. The van der Waals surface area contributed by atoms with E-state index < -0.39 is 0 Å². The molecule has 1 N–H and O–H groups in total. The van der Waals surface area contributed by atoms with Crippen LogP contribution in [-0.2, 0) is 6.61 Å². The fourth-order valence-electron chi connectivity index (χ4n) is 3.78. The number of allylic oxidation sites excluding steroid dienone is 4. The number of benzene rings is 2. The average molecular weight is 393 g/mol. The molecular weight excluding hydrogens is 374 g/mol. The van der Waals surface area contributed by atoms with Crippen molar-refractivity contribution in [3.05, 3.63) is 95.4 Å². The highest BCUT2D eigenvalue weighted by molar-refractivity contribution is 6.09. The molecule has 2 aliphatic rings. The lowest BCUT2D eigenvalue weighted by molar-refractivity contribution is 0.306. The Kier molecular flexibility index (Phi) is 4.45. The van der Waals surface area contributed by atoms with E-state index in [9.17, 15) is 5.26 Å². The molecule has 0 bridgehead atoms. The van der Waals surface area contributed by atoms with Crippen LogP contribution in [-0.4, -0.2) is 12.8 Å². The number of hydrogen-bond acceptors (Lipinski definition) is 5. The van der Waals surface area contributed by atoms with Crippen LogP contribution in [0.3, 0.4) is 0 Å². The number of rotatable bonds is 5. The normalized spacial score (nSPS) is 17.4. The van der Waals surface area contributed by atoms with Crippen molar-refractivity contribution in [1.29, 1.82) is 5.26 Å². The Hall–Kier alpha value is -4.04. The maximum Gasteiger partial charge on any atom is 0.155 e. The Morgan fingerprint density at radius 1 is 1.17 bits per heavy atom. The Morgan fingerprint density at radius 3 is 2.83 bits per heavy atom. The first kappa shape index (κ1) is 18.0. The van der Waals surface area contributed by atoms with Gasteiger partial charge in [0.05, 0.1) is 29.0 Å². The number of hydrogen-bond donors (Lipinski definition) is 1. The van der Waals surface area contributed by atoms with Gasteiger partial charge >= 0.3 is 0 Å². The summed E-state index contributed by atoms with van der Waals surface area (Å²) in [6, 6.07) is 20.0. The van der Waals surface area contributed by atoms with Crippen molar-refractivity contribution in [2.75, 3.05) is 7.05 Å². The van der Waals surface area contributed by atoms with Crippen molar-refractivity contribution in [3.63, 3.8) is 0 Å². The number of nitrogens with zero attached hydrogens (tertiary/aromatic N) is 2. The highest BCUT2D eigenvalue weighted by Gasteiger charge is 2.30. The van der Waals surface area contributed by atoms with Crippen molar-refractivity contribution in [2.45, 2.75) is 6.61 Å². The van der Waals surface area contributed by atoms with Crippen LogP contribution in [0.1, 0.15) is 11.3 Å². The maximum atomic E-state index is 9.17. The molecule has 0 saturated carbocycles. The van der Waals surface area contributed by atoms with Crippen LogP contribution in [0.2, 0.25) is 0 Å². The molecule has 1 aliphatic heterocycles. The topological polar surface area (TPSA) is 70.5 Å². The lowest BCUT2D eigenvalue weighted by Gasteiger charge is -2.14. The van der Waals surface area contributed by atoms with Gasteiger partial charge in [-0.2, -0.15) is 5.26 Å². The average Bonchev–Trinajstić information content (AvgIpc) is 3.38. The Balaban J connectivity index is 1.45. The van der Waals surface area contributed by atoms with E-state index in [1.165, 1.54) is 0 Å². The van der Waals surface area contributed by atoms with E-state index in [2.05, 4.69) is 11.4 Å². The molecule has 1 aromatic heterocycles. The number of fused-ring (bicyclic) bond motifs is 2. The second-order valence-electron chi connectivity index (χ2n) is 7.18. The van der Waals surface area contributed by atoms with Crippen molar-refractivity contribution < 1.29 is 9.15 Å². The van der Waals surface area contributed by atoms with Crippen LogP contribution in [0.5, 0.6) is 5.75 Å². The summed E-state index contributed by atoms with van der Waals surface area (Å²) in [5.74, 6) is 1.49. The molecule has 0 radical (unpaired) electrons. The molecular formula is C25H19N3O2. The van der Waals surface area contributed by atoms with E-state index in [1.807, 2.05) is 79.9 Å². The number of aliphatic imine (C=N–C) groups is 1. The molecule has 0 spiro atoms. The van der Waals surface area contributed by atoms with Crippen molar-refractivity contribution in [2.24, 2.45) is 10.9 Å². The summed E-state index contributed by atoms with van der Waals surface area (Å²) < 4.78 is 12.0. The zero-order valence-electron chi connectivity index (χ0n) is 16.4. The fourth-order valence-corrected chi connectivity index (χ4v) is 3.78. The van der Waals surface area contributed by atoms with E-state index in [1.54, 1.807) is 0 Å². The van der Waals surface area contributed by atoms with E-state index in [0.717, 1.165) is 39.4 Å². The minimum absolute atomic E-state index is 0.0140. The van der Waals surface area contributed by atoms with Crippen LogP contribution < -0.4 is 10.1 Å². The zero-order valence-corrected chi connectivity index (χ0v) is 16.4. The predicted octanol–water partition coefficient (Wildman–Crippen LogP) is 4.99. The molecule has 5 nitrogen and oxygen atoms in total. The maximum absolute atomic E-state index is 9.17. The molecule has 5 rings (SSSR count). The summed E-state index contributed by atoms with van der Waals surface area (Å²) >= 11 is 0. The van der Waals surface area contributed by atoms with Crippen molar-refractivity contribution >= 4 is 22.4 Å². The first-order valence-electron chi connectivity index (χ1n) is 9.76. The number of nitriles is 1. The van der Waals surface area contributed by atoms with Crippen LogP contribution in [0.15, 0.2) is 93.5 Å². The SMILES string of the molecule is CNC1=C(c2cc3cc(OCc4ccccc4)ccc3o2)N=C2C=C(C#N)C=CC21. The molecule has 0 fully saturated rings. The molecule has 1 unspecified atom stereocenters. The third-order valence-corrected chi connectivity index (χ3v) is 5.27. The van der Waals surface area contributed by atoms with Crippen LogP contribution in [0, 0.1) is 17.2 Å². The standard InChI is InChI=1S/C25H19N3O2/c1-27-24-20-9-7-17(14-26)11-21(20)28-25(24)23-13-18-12-19(8-10-22(18)30-23)29-15-16-5-3-2-4-6-16/h2-13,20,27H,15H2,1H3. The monoisotopic (exact) mass is 393 g/mol. The van der Waals surface area contributed by atoms with Gasteiger partial charge in [-0.15, -0.1) is 0 Å². The molecule has 5 heteroatoms. The zero-order chi connectivity index (χ0) is 20.5. The Bertz CT molecular complexity index is 1290. The summed E-state index contributed by atoms with van der Waals surface area (Å²) in [7, 11) is 1.88. The Morgan fingerprint density at radius 2 is 2.03 bits per heavy atom. The molecule has 1 atom stereocenters. The lowest BCUT2D eigenvalue weighted by atomic mass is 9.93. The van der Waals surface area contributed by atoms with Crippen molar-refractivity contribution in [1.82, 2.24) is 5.32 Å². The van der Waals surface area contributed by atoms with Gasteiger partial charge in [-0.05, 0) is 42.0 Å². The van der Waals surface area contributed by atoms with Gasteiger partial charge in [0.1, 0.15) is 23.6 Å². The van der Waals surface area contributed by atoms with Crippen LogP contribution in [0.4, 0.5) is 0 Å². The quantitative estimate of drug-likeness (QED) is 0.663. The third kappa shape index (κ3) is 3.19. The highest BCUT2D eigenvalue weighted by Crippen LogP contribution is 2.37.